The summed E-state index contributed by atoms with van der Waals surface area (Å²) in [5.41, 5.74) is 6.76. The van der Waals surface area contributed by atoms with Crippen LogP contribution in [0.4, 0.5) is 0 Å². The summed E-state index contributed by atoms with van der Waals surface area (Å²) in [6.45, 7) is 0.591. The molecule has 1 aromatic rings. The van der Waals surface area contributed by atoms with Crippen LogP contribution in [0.15, 0.2) is 30.3 Å². The molecule has 0 aromatic heterocycles. The number of rotatable bonds is 5. The summed E-state index contributed by atoms with van der Waals surface area (Å²) in [6, 6.07) is 10.2. The Kier molecular flexibility index (Phi) is 4.59. The Morgan fingerprint density at radius 2 is 2.00 bits per heavy atom. The van der Waals surface area contributed by atoms with Crippen LogP contribution >= 0.6 is 0 Å². The van der Waals surface area contributed by atoms with E-state index in [9.17, 15) is 0 Å². The molecule has 78 valence electrons. The Labute approximate surface area is 84.9 Å². The summed E-state index contributed by atoms with van der Waals surface area (Å²) in [4.78, 5) is 0. The van der Waals surface area contributed by atoms with Crippen molar-refractivity contribution < 1.29 is 5.11 Å². The van der Waals surface area contributed by atoms with Crippen molar-refractivity contribution in [3.8, 4) is 0 Å². The molecule has 0 aliphatic carbocycles. The van der Waals surface area contributed by atoms with Crippen molar-refractivity contribution in [2.24, 2.45) is 11.7 Å². The van der Waals surface area contributed by atoms with Crippen LogP contribution in [0.25, 0.3) is 0 Å². The monoisotopic (exact) mass is 194 g/mol. The molecule has 0 radical (unpaired) electrons. The van der Waals surface area contributed by atoms with Crippen LogP contribution in [-0.2, 0) is 0 Å². The van der Waals surface area contributed by atoms with E-state index >= 15 is 0 Å². The first-order valence-electron chi connectivity index (χ1n) is 4.86. The molecule has 2 atom stereocenters. The van der Waals surface area contributed by atoms with Gasteiger partial charge in [0.2, 0.25) is 0 Å². The quantitative estimate of drug-likeness (QED) is 0.640. The highest BCUT2D eigenvalue weighted by atomic mass is 16.3. The van der Waals surface area contributed by atoms with E-state index in [2.05, 4.69) is 5.32 Å². The number of benzene rings is 1. The molecule has 3 heteroatoms. The zero-order chi connectivity index (χ0) is 10.4. The number of nitrogens with two attached hydrogens (primary N) is 1. The summed E-state index contributed by atoms with van der Waals surface area (Å²) in [5.74, 6) is 0.0717. The van der Waals surface area contributed by atoms with Crippen molar-refractivity contribution in [3.05, 3.63) is 35.9 Å². The molecule has 3 nitrogen and oxygen atoms in total. The van der Waals surface area contributed by atoms with E-state index in [1.165, 1.54) is 5.56 Å². The van der Waals surface area contributed by atoms with E-state index in [1.54, 1.807) is 0 Å². The lowest BCUT2D eigenvalue weighted by molar-refractivity contribution is 0.198. The van der Waals surface area contributed by atoms with Crippen LogP contribution in [0.2, 0.25) is 0 Å². The Hall–Kier alpha value is -0.900. The molecule has 0 heterocycles. The fourth-order valence-electron chi connectivity index (χ4n) is 1.65. The zero-order valence-electron chi connectivity index (χ0n) is 8.48. The second-order valence-corrected chi connectivity index (χ2v) is 3.36. The van der Waals surface area contributed by atoms with Gasteiger partial charge in [-0.2, -0.15) is 0 Å². The number of hydrogen-bond donors (Lipinski definition) is 3. The molecule has 0 saturated heterocycles. The van der Waals surface area contributed by atoms with Gasteiger partial charge in [-0.1, -0.05) is 30.3 Å². The van der Waals surface area contributed by atoms with Crippen LogP contribution in [-0.4, -0.2) is 25.3 Å². The molecule has 0 amide bonds. The van der Waals surface area contributed by atoms with Crippen molar-refractivity contribution in [1.82, 2.24) is 5.32 Å². The minimum Gasteiger partial charge on any atom is -0.396 e. The van der Waals surface area contributed by atoms with Gasteiger partial charge < -0.3 is 16.2 Å². The maximum atomic E-state index is 9.17. The van der Waals surface area contributed by atoms with Crippen LogP contribution in [0.1, 0.15) is 11.6 Å². The van der Waals surface area contributed by atoms with E-state index in [-0.39, 0.29) is 18.6 Å². The molecule has 0 bridgehead atoms. The van der Waals surface area contributed by atoms with E-state index in [0.29, 0.717) is 6.54 Å². The summed E-state index contributed by atoms with van der Waals surface area (Å²) in [6.07, 6.45) is 0. The minimum atomic E-state index is 0.0717. The van der Waals surface area contributed by atoms with Gasteiger partial charge in [-0.3, -0.25) is 0 Å². The van der Waals surface area contributed by atoms with Gasteiger partial charge in [0.15, 0.2) is 0 Å². The van der Waals surface area contributed by atoms with E-state index in [1.807, 2.05) is 37.4 Å². The smallest absolute Gasteiger partial charge is 0.0489 e. The van der Waals surface area contributed by atoms with Crippen LogP contribution < -0.4 is 11.1 Å². The molecule has 14 heavy (non-hydrogen) atoms. The lowest BCUT2D eigenvalue weighted by atomic mass is 9.94. The molecule has 0 unspecified atom stereocenters. The first kappa shape index (κ1) is 11.2. The molecule has 1 rings (SSSR count). The standard InChI is InChI=1S/C11H18N2O/c1-13-11(10(7-12)8-14)9-5-3-2-4-6-9/h2-6,10-11,13-14H,7-8,12H2,1H3/t10-,11-/m1/s1. The van der Waals surface area contributed by atoms with Crippen molar-refractivity contribution in [1.29, 1.82) is 0 Å². The van der Waals surface area contributed by atoms with Gasteiger partial charge in [0, 0.05) is 18.6 Å². The topological polar surface area (TPSA) is 58.3 Å². The lowest BCUT2D eigenvalue weighted by Gasteiger charge is -2.24. The second kappa shape index (κ2) is 5.75. The Balaban J connectivity index is 2.81. The average Bonchev–Trinajstić information content (AvgIpc) is 2.27. The van der Waals surface area contributed by atoms with Crippen LogP contribution in [0.3, 0.4) is 0 Å². The second-order valence-electron chi connectivity index (χ2n) is 3.36. The summed E-state index contributed by atoms with van der Waals surface area (Å²) >= 11 is 0. The largest absolute Gasteiger partial charge is 0.396 e. The molecule has 0 aliphatic heterocycles. The average molecular weight is 194 g/mol. The van der Waals surface area contributed by atoms with E-state index < -0.39 is 0 Å². The normalized spacial score (nSPS) is 15.1. The number of aliphatic hydroxyl groups is 1. The molecule has 1 aromatic carbocycles. The number of aliphatic hydroxyl groups excluding tert-OH is 1. The van der Waals surface area contributed by atoms with Gasteiger partial charge in [-0.25, -0.2) is 0 Å². The molecule has 0 saturated carbocycles. The molecule has 0 aliphatic rings. The lowest BCUT2D eigenvalue weighted by Crippen LogP contribution is -2.32. The highest BCUT2D eigenvalue weighted by molar-refractivity contribution is 5.19. The van der Waals surface area contributed by atoms with Crippen LogP contribution in [0, 0.1) is 5.92 Å². The van der Waals surface area contributed by atoms with E-state index in [4.69, 9.17) is 10.8 Å². The van der Waals surface area contributed by atoms with Crippen molar-refractivity contribution in [3.63, 3.8) is 0 Å². The Bertz CT molecular complexity index is 247. The zero-order valence-corrected chi connectivity index (χ0v) is 8.48. The molecule has 4 N–H and O–H groups in total. The predicted molar refractivity (Wildman–Crippen MR) is 57.9 cm³/mol. The maximum absolute atomic E-state index is 9.17. The first-order valence-corrected chi connectivity index (χ1v) is 4.86. The highest BCUT2D eigenvalue weighted by Crippen LogP contribution is 2.20. The third-order valence-corrected chi connectivity index (χ3v) is 2.48. The number of nitrogens with one attached hydrogen (secondary N) is 1. The van der Waals surface area contributed by atoms with E-state index in [0.717, 1.165) is 0 Å². The Morgan fingerprint density at radius 1 is 1.36 bits per heavy atom. The van der Waals surface area contributed by atoms with Gasteiger partial charge in [-0.15, -0.1) is 0 Å². The first-order chi connectivity index (χ1) is 6.83. The number of hydrogen-bond acceptors (Lipinski definition) is 3. The molecule has 0 fully saturated rings. The van der Waals surface area contributed by atoms with Crippen molar-refractivity contribution >= 4 is 0 Å². The fraction of sp³-hybridized carbons (Fsp3) is 0.455. The SMILES string of the molecule is CN[C@H](c1ccccc1)[C@H](CN)CO. The minimum absolute atomic E-state index is 0.0717. The third kappa shape index (κ3) is 2.54. The Morgan fingerprint density at radius 3 is 2.43 bits per heavy atom. The summed E-state index contributed by atoms with van der Waals surface area (Å²) in [7, 11) is 1.88. The van der Waals surface area contributed by atoms with Gasteiger partial charge in [0.05, 0.1) is 0 Å². The predicted octanol–water partition coefficient (Wildman–Crippen LogP) is 0.514. The van der Waals surface area contributed by atoms with Gasteiger partial charge in [0.25, 0.3) is 0 Å². The highest BCUT2D eigenvalue weighted by Gasteiger charge is 2.18. The van der Waals surface area contributed by atoms with Gasteiger partial charge in [0.1, 0.15) is 0 Å². The third-order valence-electron chi connectivity index (χ3n) is 2.48. The van der Waals surface area contributed by atoms with Gasteiger partial charge >= 0.3 is 0 Å². The maximum Gasteiger partial charge on any atom is 0.0489 e. The molecular formula is C11H18N2O. The summed E-state index contributed by atoms with van der Waals surface area (Å²) in [5, 5.41) is 12.3. The summed E-state index contributed by atoms with van der Waals surface area (Å²) < 4.78 is 0. The van der Waals surface area contributed by atoms with Crippen molar-refractivity contribution in [2.45, 2.75) is 6.04 Å². The van der Waals surface area contributed by atoms with Crippen LogP contribution in [0.5, 0.6) is 0 Å². The molecular weight excluding hydrogens is 176 g/mol. The van der Waals surface area contributed by atoms with Gasteiger partial charge in [-0.05, 0) is 19.2 Å². The van der Waals surface area contributed by atoms with Crippen molar-refractivity contribution in [2.75, 3.05) is 20.2 Å². The fourth-order valence-corrected chi connectivity index (χ4v) is 1.65. The molecule has 0 spiro atoms.